The van der Waals surface area contributed by atoms with Gasteiger partial charge in [0, 0.05) is 36.4 Å². The smallest absolute Gasteiger partial charge is 0.179 e. The van der Waals surface area contributed by atoms with E-state index in [0.29, 0.717) is 47.2 Å². The van der Waals surface area contributed by atoms with E-state index in [1.165, 1.54) is 12.1 Å². The van der Waals surface area contributed by atoms with Gasteiger partial charge >= 0.3 is 0 Å². The fourth-order valence-corrected chi connectivity index (χ4v) is 5.40. The minimum Gasteiger partial charge on any atom is -0.395 e. The molecular formula is C30H39N7O4S. The summed E-state index contributed by atoms with van der Waals surface area (Å²) in [5.41, 5.74) is 2.05. The number of hydrogen-bond acceptors (Lipinski definition) is 11. The van der Waals surface area contributed by atoms with Crippen LogP contribution in [0.15, 0.2) is 69.7 Å². The number of benzene rings is 2. The Bertz CT molecular complexity index is 1510. The van der Waals surface area contributed by atoms with Crippen LogP contribution in [0.1, 0.15) is 38.8 Å². The number of β-amino-alcohol motifs (C(OH)–C–C–N with tert-alkyl or cyclic N) is 1. The zero-order chi connectivity index (χ0) is 30.9. The zero-order valence-electron chi connectivity index (χ0n) is 24.7. The first-order chi connectivity index (χ1) is 19.9. The number of aromatic nitrogens is 1. The van der Waals surface area contributed by atoms with Crippen molar-refractivity contribution < 1.29 is 18.6 Å². The van der Waals surface area contributed by atoms with Crippen molar-refractivity contribution in [1.82, 2.24) is 9.88 Å². The van der Waals surface area contributed by atoms with Crippen molar-refractivity contribution in [3.63, 3.8) is 0 Å². The molecule has 2 aromatic carbocycles. The molecule has 1 aromatic heterocycles. The standard InChI is InChI=1S/C30H39N7O4S/c1-21(39)20-32-29-27(22(2)26(19-31)28(34-29)33-23-9-7-6-8-10-23)36-35-24-11-13-25(14-12-24)42(40,41)18-16-37(15-17-38)30(3,4)5/h6-14,21,38-39H,15-18,20H2,1-5H3,(H2,32,33,34)/b36-35+. The zero-order valence-corrected chi connectivity index (χ0v) is 25.5. The van der Waals surface area contributed by atoms with Crippen molar-refractivity contribution >= 4 is 38.5 Å². The molecular weight excluding hydrogens is 554 g/mol. The number of aliphatic hydroxyl groups is 2. The van der Waals surface area contributed by atoms with E-state index in [1.807, 2.05) is 56.0 Å². The third-order valence-electron chi connectivity index (χ3n) is 6.54. The average Bonchev–Trinajstić information content (AvgIpc) is 2.94. The van der Waals surface area contributed by atoms with Crippen LogP contribution in [0.4, 0.5) is 28.7 Å². The molecule has 3 aromatic rings. The number of azo groups is 1. The first-order valence-electron chi connectivity index (χ1n) is 13.6. The molecule has 0 aliphatic rings. The van der Waals surface area contributed by atoms with Gasteiger partial charge in [-0.3, -0.25) is 4.90 Å². The predicted octanol–water partition coefficient (Wildman–Crippen LogP) is 5.08. The van der Waals surface area contributed by atoms with Crippen molar-refractivity contribution in [2.45, 2.75) is 51.2 Å². The van der Waals surface area contributed by atoms with E-state index in [0.717, 1.165) is 5.69 Å². The van der Waals surface area contributed by atoms with E-state index in [1.54, 1.807) is 26.0 Å². The summed E-state index contributed by atoms with van der Waals surface area (Å²) in [6, 6.07) is 17.6. The number of hydrogen-bond donors (Lipinski definition) is 4. The highest BCUT2D eigenvalue weighted by molar-refractivity contribution is 7.91. The third-order valence-corrected chi connectivity index (χ3v) is 8.25. The summed E-state index contributed by atoms with van der Waals surface area (Å²) < 4.78 is 26.0. The van der Waals surface area contributed by atoms with Gasteiger partial charge in [0.15, 0.2) is 21.5 Å². The molecule has 0 saturated carbocycles. The van der Waals surface area contributed by atoms with E-state index in [2.05, 4.69) is 31.9 Å². The van der Waals surface area contributed by atoms with Gasteiger partial charge in [0.1, 0.15) is 11.8 Å². The van der Waals surface area contributed by atoms with E-state index in [9.17, 15) is 23.9 Å². The van der Waals surface area contributed by atoms with Crippen molar-refractivity contribution in [2.75, 3.05) is 42.6 Å². The number of para-hydroxylation sites is 1. The first kappa shape index (κ1) is 32.6. The Morgan fingerprint density at radius 1 is 1.05 bits per heavy atom. The summed E-state index contributed by atoms with van der Waals surface area (Å²) in [5.74, 6) is 0.584. The average molecular weight is 594 g/mol. The second-order valence-electron chi connectivity index (χ2n) is 10.9. The van der Waals surface area contributed by atoms with E-state index in [-0.39, 0.29) is 29.3 Å². The van der Waals surface area contributed by atoms with Crippen LogP contribution < -0.4 is 10.6 Å². The highest BCUT2D eigenvalue weighted by Crippen LogP contribution is 2.36. The number of sulfone groups is 1. The van der Waals surface area contributed by atoms with Crippen molar-refractivity contribution in [3.8, 4) is 6.07 Å². The molecule has 0 saturated heterocycles. The van der Waals surface area contributed by atoms with Crippen molar-refractivity contribution in [3.05, 3.63) is 65.7 Å². The Morgan fingerprint density at radius 2 is 1.71 bits per heavy atom. The van der Waals surface area contributed by atoms with Crippen LogP contribution in [0, 0.1) is 18.3 Å². The lowest BCUT2D eigenvalue weighted by Gasteiger charge is -2.35. The minimum atomic E-state index is -3.57. The molecule has 4 N–H and O–H groups in total. The Kier molecular flexibility index (Phi) is 11.1. The van der Waals surface area contributed by atoms with Crippen LogP contribution in [0.2, 0.25) is 0 Å². The highest BCUT2D eigenvalue weighted by Gasteiger charge is 2.24. The van der Waals surface area contributed by atoms with Gasteiger partial charge in [-0.25, -0.2) is 13.4 Å². The molecule has 0 spiro atoms. The topological polar surface area (TPSA) is 163 Å². The Labute approximate surface area is 247 Å². The second-order valence-corrected chi connectivity index (χ2v) is 13.0. The fourth-order valence-electron chi connectivity index (χ4n) is 4.15. The number of pyridine rings is 1. The first-order valence-corrected chi connectivity index (χ1v) is 15.3. The molecule has 3 rings (SSSR count). The van der Waals surface area contributed by atoms with Gasteiger partial charge in [-0.2, -0.15) is 10.4 Å². The monoisotopic (exact) mass is 593 g/mol. The number of nitriles is 1. The van der Waals surface area contributed by atoms with E-state index < -0.39 is 15.9 Å². The van der Waals surface area contributed by atoms with Gasteiger partial charge < -0.3 is 20.8 Å². The van der Waals surface area contributed by atoms with Crippen molar-refractivity contribution in [1.29, 1.82) is 5.26 Å². The van der Waals surface area contributed by atoms with E-state index >= 15 is 0 Å². The molecule has 0 radical (unpaired) electrons. The molecule has 0 aliphatic carbocycles. The summed E-state index contributed by atoms with van der Waals surface area (Å²) >= 11 is 0. The van der Waals surface area contributed by atoms with Crippen LogP contribution in [-0.4, -0.2) is 72.2 Å². The number of anilines is 3. The molecule has 1 unspecified atom stereocenters. The Balaban J connectivity index is 1.88. The molecule has 0 amide bonds. The van der Waals surface area contributed by atoms with Crippen LogP contribution >= 0.6 is 0 Å². The molecule has 0 bridgehead atoms. The summed E-state index contributed by atoms with van der Waals surface area (Å²) in [7, 11) is -3.57. The lowest BCUT2D eigenvalue weighted by molar-refractivity contribution is 0.113. The number of aliphatic hydroxyl groups excluding tert-OH is 2. The van der Waals surface area contributed by atoms with Gasteiger partial charge in [-0.15, -0.1) is 5.11 Å². The van der Waals surface area contributed by atoms with Crippen LogP contribution in [0.25, 0.3) is 0 Å². The van der Waals surface area contributed by atoms with Crippen molar-refractivity contribution in [2.24, 2.45) is 10.2 Å². The van der Waals surface area contributed by atoms with Gasteiger partial charge in [-0.1, -0.05) is 18.2 Å². The largest absolute Gasteiger partial charge is 0.395 e. The van der Waals surface area contributed by atoms with Crippen LogP contribution in [0.3, 0.4) is 0 Å². The van der Waals surface area contributed by atoms with Crippen LogP contribution in [-0.2, 0) is 9.84 Å². The summed E-state index contributed by atoms with van der Waals surface area (Å²) in [6.07, 6.45) is -0.660. The Hall–Kier alpha value is -3.89. The third kappa shape index (κ3) is 8.80. The molecule has 0 aliphatic heterocycles. The number of nitrogens with one attached hydrogen (secondary N) is 2. The Morgan fingerprint density at radius 3 is 2.29 bits per heavy atom. The van der Waals surface area contributed by atoms with E-state index in [4.69, 9.17) is 0 Å². The van der Waals surface area contributed by atoms with Gasteiger partial charge in [0.25, 0.3) is 0 Å². The number of rotatable bonds is 13. The lowest BCUT2D eigenvalue weighted by Crippen LogP contribution is -2.45. The quantitative estimate of drug-likeness (QED) is 0.198. The molecule has 1 atom stereocenters. The predicted molar refractivity (Wildman–Crippen MR) is 165 cm³/mol. The maximum atomic E-state index is 13.0. The number of nitrogens with zero attached hydrogens (tertiary/aromatic N) is 5. The summed E-state index contributed by atoms with van der Waals surface area (Å²) in [6.45, 7) is 10.1. The summed E-state index contributed by atoms with van der Waals surface area (Å²) in [5, 5.41) is 44.0. The molecule has 11 nitrogen and oxygen atoms in total. The SMILES string of the molecule is Cc1c(C#N)c(Nc2ccccc2)nc(NCC(C)O)c1/N=N/c1ccc(S(=O)(=O)CCN(CCO)C(C)(C)C)cc1. The molecule has 1 heterocycles. The minimum absolute atomic E-state index is 0.0512. The fraction of sp³-hybridized carbons (Fsp3) is 0.400. The maximum absolute atomic E-state index is 13.0. The maximum Gasteiger partial charge on any atom is 0.179 e. The highest BCUT2D eigenvalue weighted by atomic mass is 32.2. The molecule has 12 heteroatoms. The molecule has 0 fully saturated rings. The molecule has 42 heavy (non-hydrogen) atoms. The van der Waals surface area contributed by atoms with Gasteiger partial charge in [-0.05, 0) is 71.0 Å². The van der Waals surface area contributed by atoms with Gasteiger partial charge in [0.2, 0.25) is 0 Å². The van der Waals surface area contributed by atoms with Crippen LogP contribution in [0.5, 0.6) is 0 Å². The normalized spacial score (nSPS) is 12.8. The molecule has 224 valence electrons. The summed E-state index contributed by atoms with van der Waals surface area (Å²) in [4.78, 5) is 6.69. The lowest BCUT2D eigenvalue weighted by atomic mass is 10.1. The second kappa shape index (κ2) is 14.3. The van der Waals surface area contributed by atoms with Gasteiger partial charge in [0.05, 0.1) is 34.6 Å².